The first-order valence-corrected chi connectivity index (χ1v) is 9.15. The monoisotopic (exact) mass is 375 g/mol. The molecule has 0 aliphatic heterocycles. The molecule has 0 fully saturated rings. The lowest BCUT2D eigenvalue weighted by molar-refractivity contribution is -0.132. The third-order valence-corrected chi connectivity index (χ3v) is 5.17. The minimum atomic E-state index is -0.494. The second kappa shape index (κ2) is 7.00. The Kier molecular flexibility index (Phi) is 4.51. The molecule has 0 radical (unpaired) electrons. The van der Waals surface area contributed by atoms with Crippen molar-refractivity contribution < 1.29 is 14.3 Å². The molecule has 142 valence electrons. The summed E-state index contributed by atoms with van der Waals surface area (Å²) in [6.07, 6.45) is 0.717. The van der Waals surface area contributed by atoms with E-state index in [9.17, 15) is 9.59 Å². The maximum atomic E-state index is 13.3. The maximum absolute atomic E-state index is 13.3. The summed E-state index contributed by atoms with van der Waals surface area (Å²) in [5.74, 6) is 0.385. The van der Waals surface area contributed by atoms with Gasteiger partial charge in [-0.25, -0.2) is 0 Å². The first-order valence-electron chi connectivity index (χ1n) is 9.15. The number of benzene rings is 2. The predicted octanol–water partition coefficient (Wildman–Crippen LogP) is 3.71. The van der Waals surface area contributed by atoms with E-state index in [1.54, 1.807) is 11.7 Å². The van der Waals surface area contributed by atoms with E-state index in [0.29, 0.717) is 13.0 Å². The van der Waals surface area contributed by atoms with Gasteiger partial charge in [-0.15, -0.1) is 0 Å². The SMILES string of the molecule is COc1ccc(Cn2c3c(c(C)c(OC(C)=O)c2=O)Cc2ccccc2-3)cc1. The second-order valence-corrected chi connectivity index (χ2v) is 6.95. The molecule has 0 saturated heterocycles. The largest absolute Gasteiger partial charge is 0.497 e. The Labute approximate surface area is 163 Å². The highest BCUT2D eigenvalue weighted by Gasteiger charge is 2.28. The van der Waals surface area contributed by atoms with E-state index >= 15 is 0 Å². The predicted molar refractivity (Wildman–Crippen MR) is 107 cm³/mol. The standard InChI is InChI=1S/C23H21NO4/c1-14-20-12-17-6-4-5-7-19(17)21(20)24(23(26)22(14)28-15(2)25)13-16-8-10-18(27-3)11-9-16/h4-11H,12-13H2,1-3H3. The molecule has 3 aromatic rings. The van der Waals surface area contributed by atoms with Crippen LogP contribution in [-0.2, 0) is 17.8 Å². The number of methoxy groups -OCH3 is 1. The molecule has 0 N–H and O–H groups in total. The molecule has 1 aliphatic rings. The highest BCUT2D eigenvalue weighted by Crippen LogP contribution is 2.39. The first-order chi connectivity index (χ1) is 13.5. The van der Waals surface area contributed by atoms with Crippen LogP contribution < -0.4 is 15.0 Å². The zero-order chi connectivity index (χ0) is 19.8. The van der Waals surface area contributed by atoms with Crippen LogP contribution in [0.5, 0.6) is 11.5 Å². The molecular formula is C23H21NO4. The Morgan fingerprint density at radius 3 is 2.50 bits per heavy atom. The van der Waals surface area contributed by atoms with Crippen molar-refractivity contribution in [2.75, 3.05) is 7.11 Å². The summed E-state index contributed by atoms with van der Waals surface area (Å²) >= 11 is 0. The van der Waals surface area contributed by atoms with Gasteiger partial charge in [-0.3, -0.25) is 9.59 Å². The summed E-state index contributed by atoms with van der Waals surface area (Å²) < 4.78 is 12.3. The molecule has 1 aromatic heterocycles. The van der Waals surface area contributed by atoms with E-state index in [4.69, 9.17) is 9.47 Å². The number of esters is 1. The second-order valence-electron chi connectivity index (χ2n) is 6.95. The number of hydrogen-bond acceptors (Lipinski definition) is 4. The highest BCUT2D eigenvalue weighted by molar-refractivity contribution is 5.77. The van der Waals surface area contributed by atoms with E-state index in [1.165, 1.54) is 12.5 Å². The molecule has 1 aliphatic carbocycles. The average Bonchev–Trinajstić information content (AvgIpc) is 3.08. The number of fused-ring (bicyclic) bond motifs is 3. The van der Waals surface area contributed by atoms with Crippen LogP contribution in [0.2, 0.25) is 0 Å². The zero-order valence-electron chi connectivity index (χ0n) is 16.1. The Hall–Kier alpha value is -3.34. The number of rotatable bonds is 4. The normalized spacial score (nSPS) is 11.7. The molecule has 1 heterocycles. The molecule has 0 saturated carbocycles. The van der Waals surface area contributed by atoms with E-state index in [-0.39, 0.29) is 11.3 Å². The molecule has 28 heavy (non-hydrogen) atoms. The van der Waals surface area contributed by atoms with Crippen molar-refractivity contribution in [1.29, 1.82) is 0 Å². The van der Waals surface area contributed by atoms with Crippen LogP contribution in [0.3, 0.4) is 0 Å². The number of hydrogen-bond donors (Lipinski definition) is 0. The average molecular weight is 375 g/mol. The number of nitrogens with zero attached hydrogens (tertiary/aromatic N) is 1. The van der Waals surface area contributed by atoms with Gasteiger partial charge in [-0.05, 0) is 35.7 Å². The maximum Gasteiger partial charge on any atom is 0.308 e. The van der Waals surface area contributed by atoms with Gasteiger partial charge in [0, 0.05) is 24.5 Å². The Morgan fingerprint density at radius 2 is 1.82 bits per heavy atom. The molecule has 5 heteroatoms. The molecule has 2 aromatic carbocycles. The molecule has 0 spiro atoms. The van der Waals surface area contributed by atoms with Crippen LogP contribution in [0.4, 0.5) is 0 Å². The number of pyridine rings is 1. The van der Waals surface area contributed by atoms with Crippen LogP contribution in [0.25, 0.3) is 11.3 Å². The van der Waals surface area contributed by atoms with Crippen molar-refractivity contribution in [3.63, 3.8) is 0 Å². The van der Waals surface area contributed by atoms with Crippen molar-refractivity contribution in [3.8, 4) is 22.8 Å². The van der Waals surface area contributed by atoms with Gasteiger partial charge in [-0.2, -0.15) is 0 Å². The minimum Gasteiger partial charge on any atom is -0.497 e. The minimum absolute atomic E-state index is 0.118. The number of carbonyl (C=O) groups is 1. The Bertz CT molecular complexity index is 1130. The summed E-state index contributed by atoms with van der Waals surface area (Å²) in [7, 11) is 1.62. The van der Waals surface area contributed by atoms with Crippen LogP contribution in [0, 0.1) is 6.92 Å². The number of aromatic nitrogens is 1. The molecule has 0 unspecified atom stereocenters. The Morgan fingerprint density at radius 1 is 1.11 bits per heavy atom. The fraction of sp³-hybridized carbons (Fsp3) is 0.217. The van der Waals surface area contributed by atoms with Gasteiger partial charge in [0.25, 0.3) is 5.56 Å². The van der Waals surface area contributed by atoms with Crippen molar-refractivity contribution >= 4 is 5.97 Å². The molecule has 5 nitrogen and oxygen atoms in total. The van der Waals surface area contributed by atoms with Crippen molar-refractivity contribution in [2.45, 2.75) is 26.8 Å². The lowest BCUT2D eigenvalue weighted by Gasteiger charge is -2.18. The van der Waals surface area contributed by atoms with Gasteiger partial charge in [0.15, 0.2) is 5.75 Å². The lowest BCUT2D eigenvalue weighted by Crippen LogP contribution is -2.27. The summed E-state index contributed by atoms with van der Waals surface area (Å²) in [4.78, 5) is 24.9. The highest BCUT2D eigenvalue weighted by atomic mass is 16.5. The molecule has 0 atom stereocenters. The van der Waals surface area contributed by atoms with Gasteiger partial charge in [0.1, 0.15) is 5.75 Å². The van der Waals surface area contributed by atoms with Crippen LogP contribution in [-0.4, -0.2) is 17.6 Å². The van der Waals surface area contributed by atoms with E-state index < -0.39 is 5.97 Å². The van der Waals surface area contributed by atoms with Crippen molar-refractivity contribution in [2.24, 2.45) is 0 Å². The number of carbonyl (C=O) groups excluding carboxylic acids is 1. The van der Waals surface area contributed by atoms with Gasteiger partial charge >= 0.3 is 5.97 Å². The fourth-order valence-electron chi connectivity index (χ4n) is 3.81. The van der Waals surface area contributed by atoms with E-state index in [0.717, 1.165) is 33.7 Å². The Balaban J connectivity index is 1.92. The van der Waals surface area contributed by atoms with E-state index in [2.05, 4.69) is 6.07 Å². The quantitative estimate of drug-likeness (QED) is 0.510. The summed E-state index contributed by atoms with van der Waals surface area (Å²) in [5.41, 5.74) is 5.57. The first kappa shape index (κ1) is 18.0. The van der Waals surface area contributed by atoms with Crippen LogP contribution in [0.1, 0.15) is 29.2 Å². The van der Waals surface area contributed by atoms with Crippen LogP contribution >= 0.6 is 0 Å². The topological polar surface area (TPSA) is 57.5 Å². The summed E-state index contributed by atoms with van der Waals surface area (Å²) in [5, 5.41) is 0. The van der Waals surface area contributed by atoms with Gasteiger partial charge in [-0.1, -0.05) is 36.4 Å². The summed E-state index contributed by atoms with van der Waals surface area (Å²) in [6.45, 7) is 3.55. The fourth-order valence-corrected chi connectivity index (χ4v) is 3.81. The molecule has 4 rings (SSSR count). The van der Waals surface area contributed by atoms with Gasteiger partial charge in [0.05, 0.1) is 19.3 Å². The van der Waals surface area contributed by atoms with Crippen molar-refractivity contribution in [1.82, 2.24) is 4.57 Å². The molecule has 0 bridgehead atoms. The van der Waals surface area contributed by atoms with Gasteiger partial charge < -0.3 is 14.0 Å². The third kappa shape index (κ3) is 2.99. The zero-order valence-corrected chi connectivity index (χ0v) is 16.1. The summed E-state index contributed by atoms with van der Waals surface area (Å²) in [6, 6.07) is 15.7. The third-order valence-electron chi connectivity index (χ3n) is 5.17. The van der Waals surface area contributed by atoms with Crippen LogP contribution in [0.15, 0.2) is 53.3 Å². The number of ether oxygens (including phenoxy) is 2. The van der Waals surface area contributed by atoms with E-state index in [1.807, 2.05) is 49.4 Å². The van der Waals surface area contributed by atoms with Crippen molar-refractivity contribution in [3.05, 3.63) is 81.1 Å². The smallest absolute Gasteiger partial charge is 0.308 e. The molecular weight excluding hydrogens is 354 g/mol. The molecule has 0 amide bonds. The lowest BCUT2D eigenvalue weighted by atomic mass is 10.1. The van der Waals surface area contributed by atoms with Gasteiger partial charge in [0.2, 0.25) is 0 Å².